The van der Waals surface area contributed by atoms with E-state index in [9.17, 15) is 9.59 Å². The van der Waals surface area contributed by atoms with Crippen LogP contribution in [0.2, 0.25) is 0 Å². The molecule has 1 aromatic carbocycles. The molecule has 0 aliphatic carbocycles. The summed E-state index contributed by atoms with van der Waals surface area (Å²) in [5.74, 6) is 0.317. The molecule has 0 saturated carbocycles. The molecule has 0 radical (unpaired) electrons. The third-order valence-corrected chi connectivity index (χ3v) is 5.60. The van der Waals surface area contributed by atoms with E-state index in [4.69, 9.17) is 4.74 Å². The van der Waals surface area contributed by atoms with Crippen molar-refractivity contribution in [2.75, 3.05) is 17.7 Å². The lowest BCUT2D eigenvalue weighted by molar-refractivity contribution is -0.142. The molecule has 0 bridgehead atoms. The first kappa shape index (κ1) is 21.7. The molecule has 0 atom stereocenters. The second-order valence-electron chi connectivity index (χ2n) is 6.03. The van der Waals surface area contributed by atoms with Gasteiger partial charge < -0.3 is 10.1 Å². The van der Waals surface area contributed by atoms with E-state index < -0.39 is 0 Å². The molecule has 0 spiro atoms. The van der Waals surface area contributed by atoms with Crippen molar-refractivity contribution in [1.29, 1.82) is 0 Å². The van der Waals surface area contributed by atoms with Gasteiger partial charge in [0, 0.05) is 17.5 Å². The molecular weight excluding hydrogens is 422 g/mol. The van der Waals surface area contributed by atoms with Crippen molar-refractivity contribution in [3.05, 3.63) is 54.1 Å². The monoisotopic (exact) mass is 443 g/mol. The van der Waals surface area contributed by atoms with Gasteiger partial charge in [-0.25, -0.2) is 4.98 Å². The molecule has 0 unspecified atom stereocenters. The number of thioether (sulfide) groups is 1. The summed E-state index contributed by atoms with van der Waals surface area (Å²) in [6.07, 6.45) is 1.85. The first-order chi connectivity index (χ1) is 14.6. The molecule has 2 heterocycles. The van der Waals surface area contributed by atoms with E-state index in [2.05, 4.69) is 27.1 Å². The maximum atomic E-state index is 12.3. The van der Waals surface area contributed by atoms with Crippen molar-refractivity contribution in [3.63, 3.8) is 0 Å². The number of benzene rings is 1. The first-order valence-corrected chi connectivity index (χ1v) is 11.1. The van der Waals surface area contributed by atoms with Crippen LogP contribution in [0, 0.1) is 0 Å². The standard InChI is InChI=1S/C20H21N5O3S2/c1-3-10-25-18(14-8-6-5-7-9-14)23-24-20(25)30-13-16(26)22-19-21-15(12-29-19)11-17(27)28-4-2/h3,5-9,12H,1,4,10-11,13H2,2H3,(H,21,22,26). The lowest BCUT2D eigenvalue weighted by Gasteiger charge is -2.07. The molecule has 2 aromatic heterocycles. The van der Waals surface area contributed by atoms with Crippen LogP contribution in [0.3, 0.4) is 0 Å². The minimum atomic E-state index is -0.341. The third-order valence-electron chi connectivity index (χ3n) is 3.82. The fraction of sp³-hybridized carbons (Fsp3) is 0.250. The zero-order valence-corrected chi connectivity index (χ0v) is 18.0. The zero-order chi connectivity index (χ0) is 21.3. The number of nitrogens with one attached hydrogen (secondary N) is 1. The van der Waals surface area contributed by atoms with E-state index >= 15 is 0 Å². The lowest BCUT2D eigenvalue weighted by atomic mass is 10.2. The van der Waals surface area contributed by atoms with Crippen molar-refractivity contribution >= 4 is 40.1 Å². The Morgan fingerprint density at radius 3 is 2.83 bits per heavy atom. The molecule has 0 saturated heterocycles. The Labute approximate surface area is 182 Å². The van der Waals surface area contributed by atoms with Crippen molar-refractivity contribution in [2.24, 2.45) is 0 Å². The van der Waals surface area contributed by atoms with Crippen LogP contribution in [-0.2, 0) is 27.3 Å². The van der Waals surface area contributed by atoms with E-state index in [1.54, 1.807) is 18.4 Å². The normalized spacial score (nSPS) is 10.6. The van der Waals surface area contributed by atoms with Gasteiger partial charge in [-0.2, -0.15) is 0 Å². The number of carbonyl (C=O) groups excluding carboxylic acids is 2. The van der Waals surface area contributed by atoms with Gasteiger partial charge in [0.2, 0.25) is 5.91 Å². The van der Waals surface area contributed by atoms with E-state index in [1.165, 1.54) is 23.1 Å². The van der Waals surface area contributed by atoms with Crippen LogP contribution >= 0.6 is 23.1 Å². The fourth-order valence-corrected chi connectivity index (χ4v) is 4.06. The molecule has 1 amide bonds. The average Bonchev–Trinajstić information content (AvgIpc) is 3.34. The van der Waals surface area contributed by atoms with Gasteiger partial charge >= 0.3 is 5.97 Å². The summed E-state index contributed by atoms with van der Waals surface area (Å²) in [7, 11) is 0. The van der Waals surface area contributed by atoms with Gasteiger partial charge in [-0.3, -0.25) is 14.2 Å². The van der Waals surface area contributed by atoms with Crippen molar-refractivity contribution < 1.29 is 14.3 Å². The zero-order valence-electron chi connectivity index (χ0n) is 16.4. The molecule has 0 fully saturated rings. The van der Waals surface area contributed by atoms with Crippen LogP contribution in [0.15, 0.2) is 53.5 Å². The minimum absolute atomic E-state index is 0.0852. The van der Waals surface area contributed by atoms with Gasteiger partial charge in [-0.05, 0) is 6.92 Å². The molecule has 3 rings (SSSR count). The Morgan fingerprint density at radius 2 is 2.10 bits per heavy atom. The number of ether oxygens (including phenoxy) is 1. The van der Waals surface area contributed by atoms with Crippen molar-refractivity contribution in [3.8, 4) is 11.4 Å². The summed E-state index contributed by atoms with van der Waals surface area (Å²) < 4.78 is 6.82. The van der Waals surface area contributed by atoms with Gasteiger partial charge in [0.05, 0.1) is 24.5 Å². The third kappa shape index (κ3) is 5.77. The van der Waals surface area contributed by atoms with Gasteiger partial charge in [-0.15, -0.1) is 28.1 Å². The molecule has 156 valence electrons. The van der Waals surface area contributed by atoms with Gasteiger partial charge in [0.1, 0.15) is 0 Å². The second-order valence-corrected chi connectivity index (χ2v) is 7.83. The highest BCUT2D eigenvalue weighted by atomic mass is 32.2. The SMILES string of the molecule is C=CCn1c(SCC(=O)Nc2nc(CC(=O)OCC)cs2)nnc1-c1ccccc1. The Bertz CT molecular complexity index is 1020. The predicted molar refractivity (Wildman–Crippen MR) is 117 cm³/mol. The fourth-order valence-electron chi connectivity index (χ4n) is 2.58. The predicted octanol–water partition coefficient (Wildman–Crippen LogP) is 3.42. The molecule has 1 N–H and O–H groups in total. The highest BCUT2D eigenvalue weighted by Gasteiger charge is 2.16. The quantitative estimate of drug-likeness (QED) is 0.291. The van der Waals surface area contributed by atoms with Crippen LogP contribution in [-0.4, -0.2) is 44.0 Å². The number of thiazole rings is 1. The molecule has 8 nitrogen and oxygen atoms in total. The number of hydrogen-bond donors (Lipinski definition) is 1. The molecule has 3 aromatic rings. The van der Waals surface area contributed by atoms with Crippen molar-refractivity contribution in [1.82, 2.24) is 19.7 Å². The smallest absolute Gasteiger partial charge is 0.311 e. The highest BCUT2D eigenvalue weighted by molar-refractivity contribution is 7.99. The summed E-state index contributed by atoms with van der Waals surface area (Å²) >= 11 is 2.55. The summed E-state index contributed by atoms with van der Waals surface area (Å²) in [4.78, 5) is 28.1. The van der Waals surface area contributed by atoms with Crippen LogP contribution < -0.4 is 5.32 Å². The number of hydrogen-bond acceptors (Lipinski definition) is 8. The topological polar surface area (TPSA) is 99.0 Å². The van der Waals surface area contributed by atoms with Crippen LogP contribution in [0.1, 0.15) is 12.6 Å². The Kier molecular flexibility index (Phi) is 7.75. The van der Waals surface area contributed by atoms with Crippen LogP contribution in [0.4, 0.5) is 5.13 Å². The Hall–Kier alpha value is -2.98. The number of esters is 1. The summed E-state index contributed by atoms with van der Waals surface area (Å²) in [6.45, 7) is 6.40. The molecule has 30 heavy (non-hydrogen) atoms. The lowest BCUT2D eigenvalue weighted by Crippen LogP contribution is -2.15. The maximum absolute atomic E-state index is 12.3. The van der Waals surface area contributed by atoms with Gasteiger partial charge in [-0.1, -0.05) is 48.2 Å². The van der Waals surface area contributed by atoms with Gasteiger partial charge in [0.15, 0.2) is 16.1 Å². The molecule has 10 heteroatoms. The van der Waals surface area contributed by atoms with Crippen LogP contribution in [0.5, 0.6) is 0 Å². The summed E-state index contributed by atoms with van der Waals surface area (Å²) in [6, 6.07) is 9.73. The molecular formula is C20H21N5O3S2. The average molecular weight is 444 g/mol. The number of nitrogens with zero attached hydrogens (tertiary/aromatic N) is 4. The van der Waals surface area contributed by atoms with E-state index in [0.717, 1.165) is 11.4 Å². The molecule has 0 aliphatic rings. The number of aromatic nitrogens is 4. The Morgan fingerprint density at radius 1 is 1.30 bits per heavy atom. The summed E-state index contributed by atoms with van der Waals surface area (Å²) in [5, 5.41) is 14.0. The minimum Gasteiger partial charge on any atom is -0.466 e. The largest absolute Gasteiger partial charge is 0.466 e. The maximum Gasteiger partial charge on any atom is 0.311 e. The van der Waals surface area contributed by atoms with E-state index in [0.29, 0.717) is 29.1 Å². The Balaban J connectivity index is 1.60. The second kappa shape index (κ2) is 10.7. The van der Waals surface area contributed by atoms with E-state index in [-0.39, 0.29) is 24.1 Å². The number of amides is 1. The van der Waals surface area contributed by atoms with Crippen molar-refractivity contribution in [2.45, 2.75) is 25.0 Å². The number of anilines is 1. The molecule has 0 aliphatic heterocycles. The summed E-state index contributed by atoms with van der Waals surface area (Å²) in [5.41, 5.74) is 1.51. The van der Waals surface area contributed by atoms with Gasteiger partial charge in [0.25, 0.3) is 0 Å². The highest BCUT2D eigenvalue weighted by Crippen LogP contribution is 2.24. The first-order valence-electron chi connectivity index (χ1n) is 9.23. The van der Waals surface area contributed by atoms with E-state index in [1.807, 2.05) is 34.9 Å². The van der Waals surface area contributed by atoms with Crippen LogP contribution in [0.25, 0.3) is 11.4 Å². The number of rotatable bonds is 10. The number of allylic oxidation sites excluding steroid dienone is 1. The number of carbonyl (C=O) groups is 2.